The summed E-state index contributed by atoms with van der Waals surface area (Å²) in [5, 5.41) is 8.75. The standard InChI is InChI=1S/C9H11N/c1-6-7-2-3-8(4-7)9(6)5-10/h7-9H,1-4H2/t7-,8+,9?/m1/s1. The normalized spacial score (nSPS) is 43.9. The minimum absolute atomic E-state index is 0.207. The Morgan fingerprint density at radius 3 is 2.70 bits per heavy atom. The van der Waals surface area contributed by atoms with Crippen molar-refractivity contribution >= 4 is 0 Å². The van der Waals surface area contributed by atoms with Gasteiger partial charge >= 0.3 is 0 Å². The van der Waals surface area contributed by atoms with Crippen molar-refractivity contribution in [2.75, 3.05) is 0 Å². The molecule has 0 saturated heterocycles. The molecule has 2 fully saturated rings. The molecule has 0 N–H and O–H groups in total. The first-order chi connectivity index (χ1) is 4.83. The topological polar surface area (TPSA) is 23.8 Å². The molecular weight excluding hydrogens is 122 g/mol. The van der Waals surface area contributed by atoms with Crippen LogP contribution in [0.3, 0.4) is 0 Å². The van der Waals surface area contributed by atoms with Gasteiger partial charge in [-0.25, -0.2) is 0 Å². The number of rotatable bonds is 0. The average molecular weight is 133 g/mol. The second-order valence-electron chi connectivity index (χ2n) is 3.45. The number of hydrogen-bond acceptors (Lipinski definition) is 1. The number of fused-ring (bicyclic) bond motifs is 2. The van der Waals surface area contributed by atoms with E-state index in [1.807, 2.05) is 0 Å². The molecule has 0 amide bonds. The second kappa shape index (κ2) is 1.85. The molecule has 0 aliphatic heterocycles. The van der Waals surface area contributed by atoms with Crippen molar-refractivity contribution in [1.82, 2.24) is 0 Å². The number of allylic oxidation sites excluding steroid dienone is 1. The predicted molar refractivity (Wildman–Crippen MR) is 39.1 cm³/mol. The summed E-state index contributed by atoms with van der Waals surface area (Å²) in [4.78, 5) is 0. The average Bonchev–Trinajstić information content (AvgIpc) is 2.46. The van der Waals surface area contributed by atoms with Crippen molar-refractivity contribution in [3.63, 3.8) is 0 Å². The Balaban J connectivity index is 2.27. The van der Waals surface area contributed by atoms with E-state index in [-0.39, 0.29) is 5.92 Å². The first-order valence-electron chi connectivity index (χ1n) is 3.91. The summed E-state index contributed by atoms with van der Waals surface area (Å²) in [6.07, 6.45) is 3.81. The summed E-state index contributed by atoms with van der Waals surface area (Å²) in [6.45, 7) is 3.97. The lowest BCUT2D eigenvalue weighted by atomic mass is 9.86. The zero-order valence-corrected chi connectivity index (χ0v) is 6.01. The van der Waals surface area contributed by atoms with Crippen LogP contribution < -0.4 is 0 Å². The largest absolute Gasteiger partial charge is 0.198 e. The first-order valence-corrected chi connectivity index (χ1v) is 3.91. The van der Waals surface area contributed by atoms with Gasteiger partial charge < -0.3 is 0 Å². The van der Waals surface area contributed by atoms with Crippen molar-refractivity contribution in [3.05, 3.63) is 12.2 Å². The summed E-state index contributed by atoms with van der Waals surface area (Å²) in [7, 11) is 0. The van der Waals surface area contributed by atoms with Gasteiger partial charge in [-0.1, -0.05) is 12.2 Å². The van der Waals surface area contributed by atoms with E-state index in [1.54, 1.807) is 0 Å². The monoisotopic (exact) mass is 133 g/mol. The highest BCUT2D eigenvalue weighted by Crippen LogP contribution is 2.50. The van der Waals surface area contributed by atoms with E-state index < -0.39 is 0 Å². The second-order valence-corrected chi connectivity index (χ2v) is 3.45. The minimum atomic E-state index is 0.207. The van der Waals surface area contributed by atoms with Gasteiger partial charge in [-0.15, -0.1) is 0 Å². The Hall–Kier alpha value is -0.770. The van der Waals surface area contributed by atoms with Crippen LogP contribution >= 0.6 is 0 Å². The fraction of sp³-hybridized carbons (Fsp3) is 0.667. The molecule has 52 valence electrons. The number of nitrogens with zero attached hydrogens (tertiary/aromatic N) is 1. The molecule has 2 saturated carbocycles. The molecule has 0 aromatic rings. The van der Waals surface area contributed by atoms with E-state index in [0.717, 1.165) is 0 Å². The van der Waals surface area contributed by atoms with Crippen LogP contribution in [0.4, 0.5) is 0 Å². The molecule has 0 heterocycles. The molecule has 2 aliphatic rings. The highest BCUT2D eigenvalue weighted by atomic mass is 14.5. The maximum atomic E-state index is 8.75. The minimum Gasteiger partial charge on any atom is -0.198 e. The highest BCUT2D eigenvalue weighted by Gasteiger charge is 2.42. The molecule has 0 spiro atoms. The van der Waals surface area contributed by atoms with Crippen molar-refractivity contribution in [2.45, 2.75) is 19.3 Å². The molecular formula is C9H11N. The van der Waals surface area contributed by atoms with E-state index in [9.17, 15) is 0 Å². The van der Waals surface area contributed by atoms with Gasteiger partial charge in [-0.3, -0.25) is 0 Å². The summed E-state index contributed by atoms with van der Waals surface area (Å²) >= 11 is 0. The third-order valence-electron chi connectivity index (χ3n) is 3.01. The van der Waals surface area contributed by atoms with Crippen LogP contribution in [0.2, 0.25) is 0 Å². The summed E-state index contributed by atoms with van der Waals surface area (Å²) in [5.41, 5.74) is 1.22. The van der Waals surface area contributed by atoms with E-state index in [2.05, 4.69) is 12.6 Å². The molecule has 1 heteroatoms. The smallest absolute Gasteiger partial charge is 0.0703 e. The molecule has 2 bridgehead atoms. The fourth-order valence-corrected chi connectivity index (χ4v) is 2.40. The maximum absolute atomic E-state index is 8.75. The van der Waals surface area contributed by atoms with Crippen LogP contribution in [-0.2, 0) is 0 Å². The highest BCUT2D eigenvalue weighted by molar-refractivity contribution is 5.23. The lowest BCUT2D eigenvalue weighted by Gasteiger charge is -2.16. The summed E-state index contributed by atoms with van der Waals surface area (Å²) in [5.74, 6) is 1.58. The molecule has 1 unspecified atom stereocenters. The Bertz CT molecular complexity index is 211. The number of hydrogen-bond donors (Lipinski definition) is 0. The Kier molecular flexibility index (Phi) is 1.11. The maximum Gasteiger partial charge on any atom is 0.0703 e. The number of nitriles is 1. The zero-order valence-electron chi connectivity index (χ0n) is 6.01. The summed E-state index contributed by atoms with van der Waals surface area (Å²) < 4.78 is 0. The van der Waals surface area contributed by atoms with E-state index in [1.165, 1.54) is 24.8 Å². The molecule has 3 atom stereocenters. The molecule has 0 aromatic carbocycles. The lowest BCUT2D eigenvalue weighted by molar-refractivity contribution is 0.481. The van der Waals surface area contributed by atoms with Gasteiger partial charge in [-0.05, 0) is 31.1 Å². The van der Waals surface area contributed by atoms with E-state index >= 15 is 0 Å². The Morgan fingerprint density at radius 2 is 2.30 bits per heavy atom. The van der Waals surface area contributed by atoms with Gasteiger partial charge in [0.05, 0.1) is 12.0 Å². The van der Waals surface area contributed by atoms with Crippen molar-refractivity contribution in [1.29, 1.82) is 5.26 Å². The van der Waals surface area contributed by atoms with Crippen molar-refractivity contribution in [2.24, 2.45) is 17.8 Å². The molecule has 0 radical (unpaired) electrons. The predicted octanol–water partition coefficient (Wildman–Crippen LogP) is 2.11. The van der Waals surface area contributed by atoms with Gasteiger partial charge in [0.1, 0.15) is 0 Å². The molecule has 2 aliphatic carbocycles. The van der Waals surface area contributed by atoms with Gasteiger partial charge in [-0.2, -0.15) is 5.26 Å². The lowest BCUT2D eigenvalue weighted by Crippen LogP contribution is -2.10. The Labute approximate surface area is 61.4 Å². The van der Waals surface area contributed by atoms with Crippen LogP contribution in [0.5, 0.6) is 0 Å². The fourth-order valence-electron chi connectivity index (χ4n) is 2.40. The van der Waals surface area contributed by atoms with Crippen LogP contribution in [0.15, 0.2) is 12.2 Å². The first kappa shape index (κ1) is 5.97. The van der Waals surface area contributed by atoms with E-state index in [0.29, 0.717) is 11.8 Å². The van der Waals surface area contributed by atoms with Crippen molar-refractivity contribution in [3.8, 4) is 6.07 Å². The summed E-state index contributed by atoms with van der Waals surface area (Å²) in [6, 6.07) is 2.35. The van der Waals surface area contributed by atoms with E-state index in [4.69, 9.17) is 5.26 Å². The van der Waals surface area contributed by atoms with Crippen LogP contribution in [0.1, 0.15) is 19.3 Å². The molecule has 1 nitrogen and oxygen atoms in total. The third-order valence-corrected chi connectivity index (χ3v) is 3.01. The zero-order chi connectivity index (χ0) is 7.14. The Morgan fingerprint density at radius 1 is 1.50 bits per heavy atom. The molecule has 0 aromatic heterocycles. The SMILES string of the molecule is C=C1C(C#N)[C@H]2CC[C@@H]1C2. The van der Waals surface area contributed by atoms with Crippen molar-refractivity contribution < 1.29 is 0 Å². The van der Waals surface area contributed by atoms with Crippen LogP contribution in [0.25, 0.3) is 0 Å². The molecule has 2 rings (SSSR count). The quantitative estimate of drug-likeness (QED) is 0.464. The van der Waals surface area contributed by atoms with Gasteiger partial charge in [0.2, 0.25) is 0 Å². The molecule has 10 heavy (non-hydrogen) atoms. The van der Waals surface area contributed by atoms with Crippen LogP contribution in [0, 0.1) is 29.1 Å². The van der Waals surface area contributed by atoms with Gasteiger partial charge in [0.25, 0.3) is 0 Å². The van der Waals surface area contributed by atoms with Gasteiger partial charge in [0, 0.05) is 0 Å². The third kappa shape index (κ3) is 0.568. The van der Waals surface area contributed by atoms with Crippen LogP contribution in [-0.4, -0.2) is 0 Å². The van der Waals surface area contributed by atoms with Gasteiger partial charge in [0.15, 0.2) is 0 Å².